The Kier molecular flexibility index (Phi) is 6.47. The van der Waals surface area contributed by atoms with Gasteiger partial charge in [-0.15, -0.1) is 0 Å². The molecule has 3 aromatic rings. The molecule has 0 radical (unpaired) electrons. The Morgan fingerprint density at radius 3 is 2.55 bits per heavy atom. The highest BCUT2D eigenvalue weighted by molar-refractivity contribution is 7.89. The van der Waals surface area contributed by atoms with Crippen LogP contribution < -0.4 is 24.2 Å². The minimum atomic E-state index is -4.04. The fourth-order valence-corrected chi connectivity index (χ4v) is 4.26. The number of carbonyl (C=O) groups is 1. The Hall–Kier alpha value is -3.63. The summed E-state index contributed by atoms with van der Waals surface area (Å²) in [5, 5.41) is 2.54. The number of amides is 1. The van der Waals surface area contributed by atoms with Crippen LogP contribution in [0.2, 0.25) is 0 Å². The van der Waals surface area contributed by atoms with Gasteiger partial charge in [-0.1, -0.05) is 12.1 Å². The van der Waals surface area contributed by atoms with Crippen molar-refractivity contribution in [2.24, 2.45) is 0 Å². The Balaban J connectivity index is 1.44. The second-order valence-corrected chi connectivity index (χ2v) is 8.94. The first kappa shape index (κ1) is 22.6. The van der Waals surface area contributed by atoms with Crippen molar-refractivity contribution in [2.45, 2.75) is 11.0 Å². The molecule has 0 bridgehead atoms. The van der Waals surface area contributed by atoms with Gasteiger partial charge in [-0.25, -0.2) is 17.5 Å². The van der Waals surface area contributed by atoms with E-state index in [0.717, 1.165) is 18.2 Å². The van der Waals surface area contributed by atoms with Gasteiger partial charge in [0.15, 0.2) is 11.5 Å². The van der Waals surface area contributed by atoms with Gasteiger partial charge in [-0.3, -0.25) is 4.79 Å². The van der Waals surface area contributed by atoms with E-state index >= 15 is 0 Å². The number of methoxy groups -OCH3 is 1. The number of sulfonamides is 1. The summed E-state index contributed by atoms with van der Waals surface area (Å²) in [6, 6.07) is 16.5. The molecule has 33 heavy (non-hydrogen) atoms. The third kappa shape index (κ3) is 5.24. The van der Waals surface area contributed by atoms with Crippen molar-refractivity contribution >= 4 is 21.6 Å². The Labute approximate surface area is 190 Å². The average Bonchev–Trinajstić information content (AvgIpc) is 2.83. The molecule has 0 aliphatic carbocycles. The summed E-state index contributed by atoms with van der Waals surface area (Å²) in [5.41, 5.74) is 0.00110. The van der Waals surface area contributed by atoms with E-state index in [1.54, 1.807) is 42.5 Å². The molecule has 0 aromatic heterocycles. The Bertz CT molecular complexity index is 1260. The molecule has 172 valence electrons. The van der Waals surface area contributed by atoms with Crippen molar-refractivity contribution in [2.75, 3.05) is 25.6 Å². The maximum atomic E-state index is 14.3. The fraction of sp³-hybridized carbons (Fsp3) is 0.174. The van der Waals surface area contributed by atoms with E-state index in [1.165, 1.54) is 7.11 Å². The molecule has 1 heterocycles. The number of para-hydroxylation sites is 2. The van der Waals surface area contributed by atoms with Crippen molar-refractivity contribution in [3.8, 4) is 17.2 Å². The third-order valence-electron chi connectivity index (χ3n) is 4.91. The van der Waals surface area contributed by atoms with Crippen molar-refractivity contribution in [1.29, 1.82) is 0 Å². The van der Waals surface area contributed by atoms with Gasteiger partial charge in [0.05, 0.1) is 24.1 Å². The molecule has 1 atom stereocenters. The molecular weight excluding hydrogens is 451 g/mol. The molecular formula is C23H21FN2O6S. The fourth-order valence-electron chi connectivity index (χ4n) is 3.17. The van der Waals surface area contributed by atoms with Crippen molar-refractivity contribution in [3.05, 3.63) is 78.1 Å². The molecule has 3 aromatic carbocycles. The number of carbonyl (C=O) groups excluding carboxylic acids is 1. The predicted molar refractivity (Wildman–Crippen MR) is 119 cm³/mol. The third-order valence-corrected chi connectivity index (χ3v) is 6.33. The number of ether oxygens (including phenoxy) is 3. The lowest BCUT2D eigenvalue weighted by Gasteiger charge is -2.26. The van der Waals surface area contributed by atoms with Crippen LogP contribution in [-0.4, -0.2) is 40.7 Å². The maximum Gasteiger partial charge on any atom is 0.258 e. The number of hydrogen-bond donors (Lipinski definition) is 2. The summed E-state index contributed by atoms with van der Waals surface area (Å²) >= 11 is 0. The highest BCUT2D eigenvalue weighted by Gasteiger charge is 2.24. The number of anilines is 1. The summed E-state index contributed by atoms with van der Waals surface area (Å²) in [6.45, 7) is 0.0971. The molecule has 8 nitrogen and oxygen atoms in total. The number of rotatable bonds is 7. The van der Waals surface area contributed by atoms with E-state index in [1.807, 2.05) is 6.07 Å². The molecule has 10 heteroatoms. The van der Waals surface area contributed by atoms with Gasteiger partial charge in [-0.2, -0.15) is 0 Å². The Morgan fingerprint density at radius 2 is 1.82 bits per heavy atom. The van der Waals surface area contributed by atoms with E-state index in [4.69, 9.17) is 14.2 Å². The van der Waals surface area contributed by atoms with Gasteiger partial charge in [0, 0.05) is 5.69 Å². The monoisotopic (exact) mass is 472 g/mol. The lowest BCUT2D eigenvalue weighted by molar-refractivity contribution is 0.0943. The normalized spacial score (nSPS) is 15.0. The van der Waals surface area contributed by atoms with Gasteiger partial charge in [0.1, 0.15) is 24.3 Å². The number of fused-ring (bicyclic) bond motifs is 1. The first-order valence-electron chi connectivity index (χ1n) is 9.99. The first-order valence-corrected chi connectivity index (χ1v) is 11.5. The van der Waals surface area contributed by atoms with Gasteiger partial charge >= 0.3 is 0 Å². The summed E-state index contributed by atoms with van der Waals surface area (Å²) < 4.78 is 58.6. The number of hydrogen-bond acceptors (Lipinski definition) is 6. The molecule has 0 fully saturated rings. The van der Waals surface area contributed by atoms with Crippen LogP contribution in [0.4, 0.5) is 10.1 Å². The summed E-state index contributed by atoms with van der Waals surface area (Å²) in [6.07, 6.45) is -0.548. The Morgan fingerprint density at radius 1 is 1.09 bits per heavy atom. The number of benzene rings is 3. The number of nitrogens with one attached hydrogen (secondary N) is 2. The summed E-state index contributed by atoms with van der Waals surface area (Å²) in [4.78, 5) is 12.3. The number of halogens is 1. The van der Waals surface area contributed by atoms with Crippen LogP contribution in [0.15, 0.2) is 71.6 Å². The van der Waals surface area contributed by atoms with Crippen LogP contribution in [-0.2, 0) is 10.0 Å². The van der Waals surface area contributed by atoms with Crippen LogP contribution in [0.1, 0.15) is 10.4 Å². The molecule has 0 saturated heterocycles. The zero-order valence-corrected chi connectivity index (χ0v) is 18.4. The highest BCUT2D eigenvalue weighted by atomic mass is 32.2. The molecule has 4 rings (SSSR count). The van der Waals surface area contributed by atoms with E-state index < -0.39 is 33.4 Å². The zero-order chi connectivity index (χ0) is 23.4. The van der Waals surface area contributed by atoms with Crippen molar-refractivity contribution < 1.29 is 31.8 Å². The quantitative estimate of drug-likeness (QED) is 0.548. The summed E-state index contributed by atoms with van der Waals surface area (Å²) in [7, 11) is -2.53. The van der Waals surface area contributed by atoms with Crippen LogP contribution in [0.25, 0.3) is 0 Å². The zero-order valence-electron chi connectivity index (χ0n) is 17.6. The largest absolute Gasteiger partial charge is 0.497 e. The molecule has 1 aliphatic rings. The molecule has 0 spiro atoms. The van der Waals surface area contributed by atoms with Gasteiger partial charge < -0.3 is 19.5 Å². The van der Waals surface area contributed by atoms with Crippen LogP contribution in [0, 0.1) is 5.82 Å². The average molecular weight is 472 g/mol. The van der Waals surface area contributed by atoms with Crippen LogP contribution >= 0.6 is 0 Å². The molecule has 1 unspecified atom stereocenters. The topological polar surface area (TPSA) is 103 Å². The minimum Gasteiger partial charge on any atom is -0.497 e. The van der Waals surface area contributed by atoms with Crippen molar-refractivity contribution in [1.82, 2.24) is 4.72 Å². The standard InChI is InChI=1S/C23H21FN2O6S/c1-30-16-8-6-15(7-9-16)26-23(27)19-12-18(10-11-20(19)24)33(28,29)25-13-17-14-31-21-4-2-3-5-22(21)32-17/h2-12,17,25H,13-14H2,1H3,(H,26,27). The van der Waals surface area contributed by atoms with E-state index in [2.05, 4.69) is 10.0 Å². The van der Waals surface area contributed by atoms with E-state index in [9.17, 15) is 17.6 Å². The minimum absolute atomic E-state index is 0.0680. The smallest absolute Gasteiger partial charge is 0.258 e. The SMILES string of the molecule is COc1ccc(NC(=O)c2cc(S(=O)(=O)NCC3COc4ccccc4O3)ccc2F)cc1. The first-order chi connectivity index (χ1) is 15.9. The molecule has 0 saturated carbocycles. The lowest BCUT2D eigenvalue weighted by Crippen LogP contribution is -2.40. The second kappa shape index (κ2) is 9.47. The van der Waals surface area contributed by atoms with Crippen LogP contribution in [0.5, 0.6) is 17.2 Å². The van der Waals surface area contributed by atoms with Crippen LogP contribution in [0.3, 0.4) is 0 Å². The second-order valence-electron chi connectivity index (χ2n) is 7.17. The van der Waals surface area contributed by atoms with Gasteiger partial charge in [-0.05, 0) is 54.6 Å². The van der Waals surface area contributed by atoms with Crippen molar-refractivity contribution in [3.63, 3.8) is 0 Å². The predicted octanol–water partition coefficient (Wildman–Crippen LogP) is 3.20. The maximum absolute atomic E-state index is 14.3. The highest BCUT2D eigenvalue weighted by Crippen LogP contribution is 2.30. The summed E-state index contributed by atoms with van der Waals surface area (Å²) in [5.74, 6) is 0.0694. The van der Waals surface area contributed by atoms with Gasteiger partial charge in [0.25, 0.3) is 5.91 Å². The molecule has 1 amide bonds. The van der Waals surface area contributed by atoms with E-state index in [-0.39, 0.29) is 18.0 Å². The molecule has 2 N–H and O–H groups in total. The van der Waals surface area contributed by atoms with Gasteiger partial charge in [0.2, 0.25) is 10.0 Å². The van der Waals surface area contributed by atoms with E-state index in [0.29, 0.717) is 22.9 Å². The molecule has 1 aliphatic heterocycles. The lowest BCUT2D eigenvalue weighted by atomic mass is 10.2.